The second-order valence-corrected chi connectivity index (χ2v) is 6.65. The van der Waals surface area contributed by atoms with Crippen LogP contribution in [0.1, 0.15) is 10.4 Å². The van der Waals surface area contributed by atoms with Crippen LogP contribution in [0.25, 0.3) is 0 Å². The quantitative estimate of drug-likeness (QED) is 0.261. The average Bonchev–Trinajstić information content (AvgIpc) is 2.70. The van der Waals surface area contributed by atoms with Crippen LogP contribution >= 0.6 is 23.2 Å². The highest BCUT2D eigenvalue weighted by Crippen LogP contribution is 2.29. The Bertz CT molecular complexity index is 1020. The first-order valence-corrected chi connectivity index (χ1v) is 8.85. The van der Waals surface area contributed by atoms with E-state index in [1.165, 1.54) is 31.3 Å². The Morgan fingerprint density at radius 3 is 2.50 bits per heavy atom. The highest BCUT2D eigenvalue weighted by molar-refractivity contribution is 6.34. The predicted octanol–water partition coefficient (Wildman–Crippen LogP) is 2.57. The van der Waals surface area contributed by atoms with Gasteiger partial charge in [-0.2, -0.15) is 0 Å². The van der Waals surface area contributed by atoms with E-state index in [0.717, 1.165) is 17.0 Å². The lowest BCUT2D eigenvalue weighted by molar-refractivity contribution is -0.384. The topological polar surface area (TPSA) is 157 Å². The first-order valence-electron chi connectivity index (χ1n) is 8.09. The fraction of sp³-hybridized carbons (Fsp3) is 0.118. The molecule has 0 saturated carbocycles. The molecule has 3 amide bonds. The molecule has 0 fully saturated rings. The van der Waals surface area contributed by atoms with E-state index < -0.39 is 22.8 Å². The highest BCUT2D eigenvalue weighted by atomic mass is 35.5. The Morgan fingerprint density at radius 1 is 1.20 bits per heavy atom. The summed E-state index contributed by atoms with van der Waals surface area (Å²) in [6, 6.07) is 7.44. The number of rotatable bonds is 6. The van der Waals surface area contributed by atoms with Crippen molar-refractivity contribution in [3.8, 4) is 5.75 Å². The van der Waals surface area contributed by atoms with Gasteiger partial charge in [0, 0.05) is 24.2 Å². The number of nitrogens with two attached hydrogens (primary N) is 1. The number of carbonyl (C=O) groups excluding carboxylic acids is 3. The van der Waals surface area contributed by atoms with E-state index in [1.54, 1.807) is 0 Å². The number of hydrazine groups is 1. The predicted molar refractivity (Wildman–Crippen MR) is 108 cm³/mol. The van der Waals surface area contributed by atoms with Gasteiger partial charge in [-0.3, -0.25) is 25.1 Å². The van der Waals surface area contributed by atoms with Crippen LogP contribution in [0.15, 0.2) is 36.4 Å². The van der Waals surface area contributed by atoms with Gasteiger partial charge in [-0.1, -0.05) is 23.2 Å². The molecule has 0 aliphatic rings. The van der Waals surface area contributed by atoms with Crippen molar-refractivity contribution in [1.29, 1.82) is 0 Å². The molecule has 0 unspecified atom stereocenters. The molecule has 30 heavy (non-hydrogen) atoms. The van der Waals surface area contributed by atoms with E-state index in [0.29, 0.717) is 0 Å². The van der Waals surface area contributed by atoms with Gasteiger partial charge < -0.3 is 15.0 Å². The van der Waals surface area contributed by atoms with Crippen molar-refractivity contribution in [2.75, 3.05) is 18.9 Å². The van der Waals surface area contributed by atoms with E-state index in [2.05, 4.69) is 5.32 Å². The second-order valence-electron chi connectivity index (χ2n) is 5.81. The average molecular weight is 456 g/mol. The Morgan fingerprint density at radius 2 is 1.90 bits per heavy atom. The summed E-state index contributed by atoms with van der Waals surface area (Å²) in [6.07, 6.45) is -0.927. The van der Waals surface area contributed by atoms with Gasteiger partial charge in [-0.15, -0.1) is 0 Å². The zero-order valence-electron chi connectivity index (χ0n) is 15.3. The van der Waals surface area contributed by atoms with Gasteiger partial charge >= 0.3 is 6.09 Å². The Kier molecular flexibility index (Phi) is 7.53. The first-order chi connectivity index (χ1) is 14.1. The maximum Gasteiger partial charge on any atom is 0.415 e. The van der Waals surface area contributed by atoms with Crippen molar-refractivity contribution in [2.45, 2.75) is 0 Å². The number of non-ortho nitro benzene ring substituents is 1. The van der Waals surface area contributed by atoms with Crippen molar-refractivity contribution in [1.82, 2.24) is 10.3 Å². The molecule has 11 nitrogen and oxygen atoms in total. The van der Waals surface area contributed by atoms with Gasteiger partial charge in [0.1, 0.15) is 12.3 Å². The van der Waals surface area contributed by atoms with Crippen molar-refractivity contribution >= 4 is 52.5 Å². The van der Waals surface area contributed by atoms with Gasteiger partial charge in [0.05, 0.1) is 21.2 Å². The molecule has 0 aliphatic carbocycles. The number of carbonyl (C=O) groups is 3. The monoisotopic (exact) mass is 455 g/mol. The summed E-state index contributed by atoms with van der Waals surface area (Å²) in [6.45, 7) is -0.372. The zero-order chi connectivity index (χ0) is 22.4. The Balaban J connectivity index is 2.24. The van der Waals surface area contributed by atoms with Crippen molar-refractivity contribution in [3.05, 3.63) is 62.1 Å². The minimum Gasteiger partial charge on any atom is -0.409 e. The fourth-order valence-electron chi connectivity index (χ4n) is 2.17. The molecule has 0 atom stereocenters. The van der Waals surface area contributed by atoms with Gasteiger partial charge in [0.15, 0.2) is 0 Å². The maximum atomic E-state index is 12.7. The van der Waals surface area contributed by atoms with Crippen LogP contribution in [0.2, 0.25) is 10.0 Å². The summed E-state index contributed by atoms with van der Waals surface area (Å²) in [5.74, 6) is 3.47. The summed E-state index contributed by atoms with van der Waals surface area (Å²) < 4.78 is 5.17. The van der Waals surface area contributed by atoms with E-state index in [1.807, 2.05) is 5.43 Å². The van der Waals surface area contributed by atoms with Gasteiger partial charge in [0.25, 0.3) is 17.5 Å². The summed E-state index contributed by atoms with van der Waals surface area (Å²) in [7, 11) is 1.30. The Labute approximate surface area is 179 Å². The van der Waals surface area contributed by atoms with Crippen LogP contribution in [0, 0.1) is 10.1 Å². The number of ether oxygens (including phenoxy) is 1. The molecular formula is C17H15Cl2N5O6. The number of anilines is 1. The molecule has 13 heteroatoms. The van der Waals surface area contributed by atoms with Crippen LogP contribution in [0.5, 0.6) is 5.75 Å². The van der Waals surface area contributed by atoms with Gasteiger partial charge in [0.2, 0.25) is 0 Å². The third-order valence-corrected chi connectivity index (χ3v) is 4.20. The van der Waals surface area contributed by atoms with Crippen LogP contribution in [-0.4, -0.2) is 41.3 Å². The number of nitrogens with zero attached hydrogens (tertiary/aromatic N) is 2. The lowest BCUT2D eigenvalue weighted by Gasteiger charge is -2.17. The number of nitro groups is 1. The third-order valence-electron chi connectivity index (χ3n) is 3.65. The molecule has 0 aliphatic heterocycles. The Hall–Kier alpha value is -3.41. The van der Waals surface area contributed by atoms with Gasteiger partial charge in [-0.25, -0.2) is 10.6 Å². The van der Waals surface area contributed by atoms with Crippen molar-refractivity contribution < 1.29 is 24.0 Å². The summed E-state index contributed by atoms with van der Waals surface area (Å²) in [5.41, 5.74) is 1.61. The molecule has 0 aromatic heterocycles. The smallest absolute Gasteiger partial charge is 0.409 e. The molecule has 0 bridgehead atoms. The molecule has 0 spiro atoms. The number of likely N-dealkylation sites (N-methyl/N-ethyl adjacent to an activating group) is 1. The summed E-state index contributed by atoms with van der Waals surface area (Å²) in [5, 5.41) is 13.4. The lowest BCUT2D eigenvalue weighted by Crippen LogP contribution is -2.42. The minimum atomic E-state index is -0.927. The third kappa shape index (κ3) is 5.80. The maximum absolute atomic E-state index is 12.7. The molecule has 158 valence electrons. The van der Waals surface area contributed by atoms with Crippen molar-refractivity contribution in [3.63, 3.8) is 0 Å². The SMILES string of the molecule is CN(CC(=O)NN)C(=O)Oc1ccc(Cl)cc1C(=O)Nc1ccc([N+](=O)[O-])cc1Cl. The molecule has 2 aromatic rings. The van der Waals surface area contributed by atoms with Crippen LogP contribution in [0.3, 0.4) is 0 Å². The number of nitro benzene ring substituents is 1. The molecule has 2 aromatic carbocycles. The van der Waals surface area contributed by atoms with E-state index in [-0.39, 0.29) is 39.3 Å². The van der Waals surface area contributed by atoms with Gasteiger partial charge in [-0.05, 0) is 24.3 Å². The van der Waals surface area contributed by atoms with Crippen LogP contribution in [0.4, 0.5) is 16.2 Å². The number of halogens is 2. The number of amides is 3. The van der Waals surface area contributed by atoms with Crippen LogP contribution < -0.4 is 21.3 Å². The number of hydrogen-bond donors (Lipinski definition) is 3. The summed E-state index contributed by atoms with van der Waals surface area (Å²) in [4.78, 5) is 47.2. The molecule has 0 radical (unpaired) electrons. The minimum absolute atomic E-state index is 0.0642. The fourth-order valence-corrected chi connectivity index (χ4v) is 2.57. The number of benzene rings is 2. The number of hydrogen-bond acceptors (Lipinski definition) is 7. The molecular weight excluding hydrogens is 441 g/mol. The highest BCUT2D eigenvalue weighted by Gasteiger charge is 2.21. The number of nitrogens with one attached hydrogen (secondary N) is 2. The normalized spacial score (nSPS) is 10.1. The standard InChI is InChI=1S/C17H15Cl2N5O6/c1-23(8-15(25)22-20)17(27)30-14-5-2-9(18)6-11(14)16(26)21-13-4-3-10(24(28)29)7-12(13)19/h2-7H,8,20H2,1H3,(H,21,26)(H,22,25). The largest absolute Gasteiger partial charge is 0.415 e. The van der Waals surface area contributed by atoms with E-state index >= 15 is 0 Å². The molecule has 4 N–H and O–H groups in total. The van der Waals surface area contributed by atoms with E-state index in [9.17, 15) is 24.5 Å². The molecule has 0 saturated heterocycles. The summed E-state index contributed by atoms with van der Waals surface area (Å²) >= 11 is 11.9. The molecule has 2 rings (SSSR count). The van der Waals surface area contributed by atoms with E-state index in [4.69, 9.17) is 33.8 Å². The van der Waals surface area contributed by atoms with Crippen LogP contribution in [-0.2, 0) is 4.79 Å². The molecule has 0 heterocycles. The lowest BCUT2D eigenvalue weighted by atomic mass is 10.1. The zero-order valence-corrected chi connectivity index (χ0v) is 16.9. The van der Waals surface area contributed by atoms with Crippen molar-refractivity contribution in [2.24, 2.45) is 5.84 Å². The second kappa shape index (κ2) is 9.87. The first kappa shape index (κ1) is 22.9.